The molecule has 0 spiro atoms. The average molecular weight is 677 g/mol. The van der Waals surface area contributed by atoms with Gasteiger partial charge in [0.25, 0.3) is 11.8 Å². The number of aromatic nitrogens is 2. The molecule has 1 aliphatic carbocycles. The normalized spacial score (nSPS) is 21.6. The minimum Gasteiger partial charge on any atom is -0.477 e. The van der Waals surface area contributed by atoms with E-state index in [1.807, 2.05) is 0 Å². The summed E-state index contributed by atoms with van der Waals surface area (Å²) in [6.07, 6.45) is 1.60. The van der Waals surface area contributed by atoms with Crippen LogP contribution in [0.1, 0.15) is 96.5 Å². The molecular formula is C38H36N4O8. The number of pyridine rings is 2. The molecule has 2 aromatic heterocycles. The zero-order valence-electron chi connectivity index (χ0n) is 27.6. The molecule has 7 rings (SSSR count). The van der Waals surface area contributed by atoms with Crippen LogP contribution in [-0.4, -0.2) is 65.4 Å². The number of carbonyl (C=O) groups is 4. The fraction of sp³-hybridized carbons (Fsp3) is 0.316. The summed E-state index contributed by atoms with van der Waals surface area (Å²) in [4.78, 5) is 63.5. The van der Waals surface area contributed by atoms with Gasteiger partial charge in [-0.2, -0.15) is 0 Å². The molecule has 1 saturated carbocycles. The van der Waals surface area contributed by atoms with Gasteiger partial charge >= 0.3 is 11.9 Å². The van der Waals surface area contributed by atoms with E-state index in [4.69, 9.17) is 4.74 Å². The molecule has 50 heavy (non-hydrogen) atoms. The van der Waals surface area contributed by atoms with E-state index in [1.165, 1.54) is 28.0 Å². The number of aromatic carboxylic acids is 1. The van der Waals surface area contributed by atoms with E-state index >= 15 is 0 Å². The standard InChI is InChI=1S/C38H36N4O8/c1-3-50-36(47)31-16-8-11-26(40-31)21-42-34(44)32-23(9-6-14-29(32)38(42,49)24-17-18-24)19-22(2)37(48)28-13-5-4-12-27(28)33(43)41(37)20-25-10-7-15-30(39-25)35(45)46/h4-16,22,24,48-49H,3,17-21H2,1-2H3,(H,45,46). The van der Waals surface area contributed by atoms with E-state index < -0.39 is 41.1 Å². The molecule has 4 aromatic rings. The summed E-state index contributed by atoms with van der Waals surface area (Å²) in [6, 6.07) is 21.5. The first-order chi connectivity index (χ1) is 24.0. The number of rotatable bonds is 11. The largest absolute Gasteiger partial charge is 0.477 e. The van der Waals surface area contributed by atoms with Gasteiger partial charge in [-0.1, -0.05) is 55.5 Å². The minimum atomic E-state index is -1.84. The van der Waals surface area contributed by atoms with Crippen LogP contribution >= 0.6 is 0 Å². The predicted octanol–water partition coefficient (Wildman–Crippen LogP) is 4.24. The number of amides is 2. The summed E-state index contributed by atoms with van der Waals surface area (Å²) in [5, 5.41) is 34.4. The molecule has 1 fully saturated rings. The third-order valence-corrected chi connectivity index (χ3v) is 9.95. The van der Waals surface area contributed by atoms with Crippen LogP contribution in [0.4, 0.5) is 0 Å². The van der Waals surface area contributed by atoms with Crippen LogP contribution in [0.2, 0.25) is 0 Å². The molecule has 4 heterocycles. The van der Waals surface area contributed by atoms with Crippen LogP contribution in [0.3, 0.4) is 0 Å². The first-order valence-corrected chi connectivity index (χ1v) is 16.6. The SMILES string of the molecule is CCOC(=O)c1cccc(CN2C(=O)c3c(CC(C)C4(O)c5ccccc5C(=O)N4Cc4cccc(C(=O)O)n4)cccc3C2(O)C2CC2)n1. The summed E-state index contributed by atoms with van der Waals surface area (Å²) < 4.78 is 5.10. The van der Waals surface area contributed by atoms with Crippen molar-refractivity contribution in [2.24, 2.45) is 11.8 Å². The molecule has 12 heteroatoms. The number of benzene rings is 2. The molecule has 3 N–H and O–H groups in total. The Bertz CT molecular complexity index is 2050. The maximum Gasteiger partial charge on any atom is 0.356 e. The number of carboxylic acids is 1. The summed E-state index contributed by atoms with van der Waals surface area (Å²) in [6.45, 7) is 3.47. The molecule has 0 radical (unpaired) electrons. The summed E-state index contributed by atoms with van der Waals surface area (Å²) in [5.41, 5.74) is -0.718. The second-order valence-electron chi connectivity index (χ2n) is 13.1. The van der Waals surface area contributed by atoms with Crippen LogP contribution in [-0.2, 0) is 35.7 Å². The van der Waals surface area contributed by atoms with Crippen LogP contribution in [0, 0.1) is 11.8 Å². The highest BCUT2D eigenvalue weighted by molar-refractivity contribution is 6.01. The van der Waals surface area contributed by atoms with E-state index in [9.17, 15) is 34.5 Å². The lowest BCUT2D eigenvalue weighted by Gasteiger charge is -2.39. The lowest BCUT2D eigenvalue weighted by molar-refractivity contribution is -0.128. The number of carboxylic acid groups (broad SMARTS) is 1. The van der Waals surface area contributed by atoms with Gasteiger partial charge in [0.05, 0.1) is 36.6 Å². The first-order valence-electron chi connectivity index (χ1n) is 16.6. The van der Waals surface area contributed by atoms with Crippen molar-refractivity contribution < 1.29 is 39.2 Å². The van der Waals surface area contributed by atoms with Crippen LogP contribution < -0.4 is 0 Å². The summed E-state index contributed by atoms with van der Waals surface area (Å²) >= 11 is 0. The molecule has 3 aliphatic rings. The van der Waals surface area contributed by atoms with Crippen molar-refractivity contribution >= 4 is 23.8 Å². The average Bonchev–Trinajstić information content (AvgIpc) is 3.92. The Morgan fingerprint density at radius 1 is 0.840 bits per heavy atom. The molecule has 256 valence electrons. The molecule has 3 atom stereocenters. The molecule has 2 aromatic carbocycles. The fourth-order valence-corrected chi connectivity index (χ4v) is 7.41. The second kappa shape index (κ2) is 12.5. The van der Waals surface area contributed by atoms with Crippen LogP contribution in [0.15, 0.2) is 78.9 Å². The predicted molar refractivity (Wildman–Crippen MR) is 177 cm³/mol. The van der Waals surface area contributed by atoms with Gasteiger partial charge in [0, 0.05) is 28.5 Å². The molecule has 0 bridgehead atoms. The Morgan fingerprint density at radius 3 is 2.14 bits per heavy atom. The molecule has 2 amide bonds. The topological polar surface area (TPSA) is 170 Å². The number of ether oxygens (including phenoxy) is 1. The van der Waals surface area contributed by atoms with Gasteiger partial charge in [0.15, 0.2) is 11.4 Å². The monoisotopic (exact) mass is 676 g/mol. The van der Waals surface area contributed by atoms with Crippen LogP contribution in [0.5, 0.6) is 0 Å². The van der Waals surface area contributed by atoms with Gasteiger partial charge < -0.3 is 29.9 Å². The lowest BCUT2D eigenvalue weighted by atomic mass is 9.83. The van der Waals surface area contributed by atoms with Crippen molar-refractivity contribution in [2.45, 2.75) is 57.6 Å². The van der Waals surface area contributed by atoms with E-state index in [1.54, 1.807) is 74.5 Å². The third kappa shape index (κ3) is 5.31. The number of esters is 1. The number of hydrogen-bond acceptors (Lipinski definition) is 9. The van der Waals surface area contributed by atoms with Crippen molar-refractivity contribution in [1.82, 2.24) is 19.8 Å². The minimum absolute atomic E-state index is 0.0508. The Balaban J connectivity index is 1.23. The highest BCUT2D eigenvalue weighted by Crippen LogP contribution is 2.54. The van der Waals surface area contributed by atoms with Gasteiger partial charge in [-0.3, -0.25) is 9.59 Å². The summed E-state index contributed by atoms with van der Waals surface area (Å²) in [5.74, 6) is -3.49. The van der Waals surface area contributed by atoms with E-state index in [0.717, 1.165) is 12.8 Å². The highest BCUT2D eigenvalue weighted by atomic mass is 16.5. The van der Waals surface area contributed by atoms with Gasteiger partial charge in [-0.15, -0.1) is 0 Å². The maximum atomic E-state index is 14.4. The number of carbonyl (C=O) groups excluding carboxylic acids is 3. The van der Waals surface area contributed by atoms with Gasteiger partial charge in [0.2, 0.25) is 0 Å². The van der Waals surface area contributed by atoms with Crippen molar-refractivity contribution in [1.29, 1.82) is 0 Å². The van der Waals surface area contributed by atoms with E-state index in [-0.39, 0.29) is 43.4 Å². The Hall–Kier alpha value is -5.46. The zero-order valence-corrected chi connectivity index (χ0v) is 27.6. The van der Waals surface area contributed by atoms with E-state index in [0.29, 0.717) is 39.2 Å². The Morgan fingerprint density at radius 2 is 1.46 bits per heavy atom. The summed E-state index contributed by atoms with van der Waals surface area (Å²) in [7, 11) is 0. The number of hydrogen-bond donors (Lipinski definition) is 3. The fourth-order valence-electron chi connectivity index (χ4n) is 7.41. The third-order valence-electron chi connectivity index (χ3n) is 9.95. The van der Waals surface area contributed by atoms with Crippen LogP contribution in [0.25, 0.3) is 0 Å². The van der Waals surface area contributed by atoms with Crippen molar-refractivity contribution in [3.05, 3.63) is 129 Å². The van der Waals surface area contributed by atoms with Gasteiger partial charge in [0.1, 0.15) is 11.4 Å². The van der Waals surface area contributed by atoms with E-state index in [2.05, 4.69) is 9.97 Å². The Kier molecular flexibility index (Phi) is 8.23. The lowest BCUT2D eigenvalue weighted by Crippen LogP contribution is -2.48. The van der Waals surface area contributed by atoms with Gasteiger partial charge in [-0.05, 0) is 62.1 Å². The first kappa shape index (κ1) is 33.1. The van der Waals surface area contributed by atoms with Crippen molar-refractivity contribution in [3.8, 4) is 0 Å². The smallest absolute Gasteiger partial charge is 0.356 e. The molecule has 12 nitrogen and oxygen atoms in total. The number of nitrogens with zero attached hydrogens (tertiary/aromatic N) is 4. The quantitative estimate of drug-likeness (QED) is 0.195. The number of aliphatic hydroxyl groups is 2. The maximum absolute atomic E-state index is 14.4. The van der Waals surface area contributed by atoms with Crippen molar-refractivity contribution in [3.63, 3.8) is 0 Å². The highest BCUT2D eigenvalue weighted by Gasteiger charge is 2.58. The molecule has 2 aliphatic heterocycles. The zero-order chi connectivity index (χ0) is 35.4. The van der Waals surface area contributed by atoms with Crippen molar-refractivity contribution in [2.75, 3.05) is 6.61 Å². The molecule has 3 unspecified atom stereocenters. The Labute approximate surface area is 288 Å². The second-order valence-corrected chi connectivity index (χ2v) is 13.1. The van der Waals surface area contributed by atoms with Gasteiger partial charge in [-0.25, -0.2) is 19.6 Å². The number of fused-ring (bicyclic) bond motifs is 2. The molecule has 0 saturated heterocycles. The molecular weight excluding hydrogens is 640 g/mol.